The van der Waals surface area contributed by atoms with Crippen molar-refractivity contribution < 1.29 is 22.4 Å². The normalized spacial score (nSPS) is 11.5. The second-order valence-electron chi connectivity index (χ2n) is 4.82. The number of benzene rings is 2. The third-order valence-electron chi connectivity index (χ3n) is 3.30. The predicted octanol–water partition coefficient (Wildman–Crippen LogP) is 4.69. The SMILES string of the molecule is Cc1ccc(C(=O)c2ccc(F)c(C(F)(F)F)c2)cc1C. The number of hydrogen-bond acceptors (Lipinski definition) is 1. The third kappa shape index (κ3) is 3.12. The second kappa shape index (κ2) is 5.31. The van der Waals surface area contributed by atoms with Crippen molar-refractivity contribution in [1.82, 2.24) is 0 Å². The number of halogens is 4. The molecule has 0 N–H and O–H groups in total. The standard InChI is InChI=1S/C16H12F4O/c1-9-3-4-11(7-10(9)2)15(21)12-5-6-14(17)13(8-12)16(18,19)20/h3-8H,1-2H3. The Labute approximate surface area is 119 Å². The van der Waals surface area contributed by atoms with E-state index < -0.39 is 23.3 Å². The lowest BCUT2D eigenvalue weighted by Gasteiger charge is -2.10. The smallest absolute Gasteiger partial charge is 0.289 e. The van der Waals surface area contributed by atoms with Gasteiger partial charge in [0.15, 0.2) is 5.78 Å². The summed E-state index contributed by atoms with van der Waals surface area (Å²) in [5.41, 5.74) is 0.489. The summed E-state index contributed by atoms with van der Waals surface area (Å²) in [5.74, 6) is -1.96. The zero-order valence-corrected chi connectivity index (χ0v) is 11.4. The van der Waals surface area contributed by atoms with E-state index in [1.165, 1.54) is 0 Å². The largest absolute Gasteiger partial charge is 0.419 e. The zero-order valence-electron chi connectivity index (χ0n) is 11.4. The van der Waals surface area contributed by atoms with Gasteiger partial charge in [-0.25, -0.2) is 4.39 Å². The highest BCUT2D eigenvalue weighted by Gasteiger charge is 2.34. The first-order valence-corrected chi connectivity index (χ1v) is 6.19. The van der Waals surface area contributed by atoms with E-state index in [0.717, 1.165) is 17.2 Å². The maximum absolute atomic E-state index is 13.2. The molecule has 0 aliphatic rings. The Morgan fingerprint density at radius 1 is 0.905 bits per heavy atom. The Morgan fingerprint density at radius 3 is 2.05 bits per heavy atom. The van der Waals surface area contributed by atoms with Crippen LogP contribution in [0.2, 0.25) is 0 Å². The number of carbonyl (C=O) groups is 1. The minimum atomic E-state index is -4.83. The predicted molar refractivity (Wildman–Crippen MR) is 70.8 cm³/mol. The quantitative estimate of drug-likeness (QED) is 0.580. The van der Waals surface area contributed by atoms with Gasteiger partial charge in [0.1, 0.15) is 5.82 Å². The van der Waals surface area contributed by atoms with Gasteiger partial charge in [0.25, 0.3) is 0 Å². The van der Waals surface area contributed by atoms with E-state index in [9.17, 15) is 22.4 Å². The number of alkyl halides is 3. The maximum Gasteiger partial charge on any atom is 0.419 e. The molecule has 0 saturated heterocycles. The van der Waals surface area contributed by atoms with Crippen molar-refractivity contribution in [3.05, 3.63) is 70.0 Å². The summed E-state index contributed by atoms with van der Waals surface area (Å²) in [6.07, 6.45) is -4.83. The average molecular weight is 296 g/mol. The molecule has 2 aromatic carbocycles. The molecule has 5 heteroatoms. The molecule has 0 spiro atoms. The van der Waals surface area contributed by atoms with E-state index in [0.29, 0.717) is 12.1 Å². The molecular weight excluding hydrogens is 284 g/mol. The van der Waals surface area contributed by atoms with E-state index >= 15 is 0 Å². The molecule has 0 atom stereocenters. The molecule has 2 rings (SSSR count). The van der Waals surface area contributed by atoms with Crippen molar-refractivity contribution in [1.29, 1.82) is 0 Å². The van der Waals surface area contributed by atoms with Gasteiger partial charge in [-0.15, -0.1) is 0 Å². The molecule has 110 valence electrons. The molecule has 0 aliphatic carbocycles. The summed E-state index contributed by atoms with van der Waals surface area (Å²) < 4.78 is 51.2. The highest BCUT2D eigenvalue weighted by atomic mass is 19.4. The Balaban J connectivity index is 2.46. The molecule has 0 amide bonds. The fourth-order valence-corrected chi connectivity index (χ4v) is 1.93. The van der Waals surface area contributed by atoms with E-state index in [1.807, 2.05) is 6.92 Å². The topological polar surface area (TPSA) is 17.1 Å². The van der Waals surface area contributed by atoms with E-state index in [1.54, 1.807) is 25.1 Å². The van der Waals surface area contributed by atoms with Crippen LogP contribution in [0.4, 0.5) is 17.6 Å². The van der Waals surface area contributed by atoms with Crippen LogP contribution in [0.3, 0.4) is 0 Å². The van der Waals surface area contributed by atoms with Crippen LogP contribution in [0, 0.1) is 19.7 Å². The lowest BCUT2D eigenvalue weighted by Crippen LogP contribution is -2.11. The van der Waals surface area contributed by atoms with Gasteiger partial charge in [-0.2, -0.15) is 13.2 Å². The van der Waals surface area contributed by atoms with Gasteiger partial charge in [-0.3, -0.25) is 4.79 Å². The number of aryl methyl sites for hydroxylation is 2. The Kier molecular flexibility index (Phi) is 3.85. The number of ketones is 1. The molecule has 0 radical (unpaired) electrons. The van der Waals surface area contributed by atoms with Gasteiger partial charge in [0, 0.05) is 11.1 Å². The first kappa shape index (κ1) is 15.2. The van der Waals surface area contributed by atoms with Crippen molar-refractivity contribution in [2.24, 2.45) is 0 Å². The first-order chi connectivity index (χ1) is 9.70. The van der Waals surface area contributed by atoms with Gasteiger partial charge < -0.3 is 0 Å². The van der Waals surface area contributed by atoms with Gasteiger partial charge in [-0.05, 0) is 49.2 Å². The minimum absolute atomic E-state index is 0.188. The van der Waals surface area contributed by atoms with E-state index in [4.69, 9.17) is 0 Å². The highest BCUT2D eigenvalue weighted by Crippen LogP contribution is 2.32. The maximum atomic E-state index is 13.2. The molecule has 0 fully saturated rings. The van der Waals surface area contributed by atoms with Crippen LogP contribution < -0.4 is 0 Å². The number of hydrogen-bond donors (Lipinski definition) is 0. The summed E-state index contributed by atoms with van der Waals surface area (Å²) in [4.78, 5) is 12.2. The Morgan fingerprint density at radius 2 is 1.48 bits per heavy atom. The second-order valence-corrected chi connectivity index (χ2v) is 4.82. The molecule has 21 heavy (non-hydrogen) atoms. The lowest BCUT2D eigenvalue weighted by molar-refractivity contribution is -0.140. The van der Waals surface area contributed by atoms with Crippen LogP contribution in [0.25, 0.3) is 0 Å². The van der Waals surface area contributed by atoms with Gasteiger partial charge in [0.05, 0.1) is 5.56 Å². The van der Waals surface area contributed by atoms with Crippen LogP contribution in [0.15, 0.2) is 36.4 Å². The summed E-state index contributed by atoms with van der Waals surface area (Å²) >= 11 is 0. The van der Waals surface area contributed by atoms with Crippen LogP contribution in [-0.2, 0) is 6.18 Å². The highest BCUT2D eigenvalue weighted by molar-refractivity contribution is 6.09. The number of carbonyl (C=O) groups excluding carboxylic acids is 1. The molecule has 1 nitrogen and oxygen atoms in total. The monoisotopic (exact) mass is 296 g/mol. The van der Waals surface area contributed by atoms with Crippen LogP contribution in [-0.4, -0.2) is 5.78 Å². The fraction of sp³-hybridized carbons (Fsp3) is 0.188. The van der Waals surface area contributed by atoms with Crippen molar-refractivity contribution in [3.8, 4) is 0 Å². The number of rotatable bonds is 2. The molecule has 0 bridgehead atoms. The molecule has 0 aliphatic heterocycles. The van der Waals surface area contributed by atoms with Gasteiger partial charge in [-0.1, -0.05) is 12.1 Å². The Bertz CT molecular complexity index is 702. The fourth-order valence-electron chi connectivity index (χ4n) is 1.93. The molecule has 2 aromatic rings. The van der Waals surface area contributed by atoms with Crippen molar-refractivity contribution >= 4 is 5.78 Å². The molecule has 0 heterocycles. The molecule has 0 aromatic heterocycles. The third-order valence-corrected chi connectivity index (χ3v) is 3.30. The molecular formula is C16H12F4O. The summed E-state index contributed by atoms with van der Waals surface area (Å²) in [6.45, 7) is 3.67. The van der Waals surface area contributed by atoms with Gasteiger partial charge in [0.2, 0.25) is 0 Å². The minimum Gasteiger partial charge on any atom is -0.289 e. The van der Waals surface area contributed by atoms with Crippen LogP contribution >= 0.6 is 0 Å². The molecule has 0 saturated carbocycles. The molecule has 0 unspecified atom stereocenters. The van der Waals surface area contributed by atoms with Gasteiger partial charge >= 0.3 is 6.18 Å². The van der Waals surface area contributed by atoms with Crippen molar-refractivity contribution in [2.45, 2.75) is 20.0 Å². The van der Waals surface area contributed by atoms with E-state index in [-0.39, 0.29) is 11.1 Å². The van der Waals surface area contributed by atoms with Crippen molar-refractivity contribution in [3.63, 3.8) is 0 Å². The first-order valence-electron chi connectivity index (χ1n) is 6.19. The van der Waals surface area contributed by atoms with E-state index in [2.05, 4.69) is 0 Å². The summed E-state index contributed by atoms with van der Waals surface area (Å²) in [7, 11) is 0. The lowest BCUT2D eigenvalue weighted by atomic mass is 9.98. The average Bonchev–Trinajstić information content (AvgIpc) is 2.40. The summed E-state index contributed by atoms with van der Waals surface area (Å²) in [5, 5.41) is 0. The zero-order chi connectivity index (χ0) is 15.8. The Hall–Kier alpha value is -2.17. The van der Waals surface area contributed by atoms with Crippen LogP contribution in [0.5, 0.6) is 0 Å². The summed E-state index contributed by atoms with van der Waals surface area (Å²) in [6, 6.07) is 7.14. The van der Waals surface area contributed by atoms with Crippen LogP contribution in [0.1, 0.15) is 32.6 Å². The van der Waals surface area contributed by atoms with Crippen molar-refractivity contribution in [2.75, 3.05) is 0 Å².